The minimum absolute atomic E-state index is 0.923. The Morgan fingerprint density at radius 1 is 1.62 bits per heavy atom. The van der Waals surface area contributed by atoms with Gasteiger partial charge in [-0.25, -0.2) is 0 Å². The van der Waals surface area contributed by atoms with Crippen molar-refractivity contribution in [2.24, 2.45) is 0 Å². The van der Waals surface area contributed by atoms with Gasteiger partial charge in [0.1, 0.15) is 0 Å². The number of rotatable bonds is 5. The zero-order valence-electron chi connectivity index (χ0n) is 7.77. The topological polar surface area (TPSA) is 12.0 Å². The van der Waals surface area contributed by atoms with Crippen molar-refractivity contribution in [2.75, 3.05) is 6.54 Å². The summed E-state index contributed by atoms with van der Waals surface area (Å²) in [4.78, 5) is 1.36. The summed E-state index contributed by atoms with van der Waals surface area (Å²) < 4.78 is 1.19. The van der Waals surface area contributed by atoms with Crippen LogP contribution in [0, 0.1) is 0 Å². The van der Waals surface area contributed by atoms with Crippen LogP contribution < -0.4 is 5.32 Å². The Bertz CT molecular complexity index is 280. The van der Waals surface area contributed by atoms with E-state index in [-0.39, 0.29) is 0 Å². The smallest absolute Gasteiger partial charge is 0.0701 e. The molecule has 0 unspecified atom stereocenters. The van der Waals surface area contributed by atoms with E-state index in [1.165, 1.54) is 14.2 Å². The highest BCUT2D eigenvalue weighted by Crippen LogP contribution is 2.21. The molecule has 1 heterocycles. The van der Waals surface area contributed by atoms with Crippen LogP contribution in [0.1, 0.15) is 18.2 Å². The van der Waals surface area contributed by atoms with Crippen LogP contribution in [0.2, 0.25) is 0 Å². The Morgan fingerprint density at radius 2 is 2.38 bits per heavy atom. The normalized spacial score (nSPS) is 10.3. The monoisotopic (exact) mass is 259 g/mol. The Morgan fingerprint density at radius 3 is 2.92 bits per heavy atom. The maximum atomic E-state index is 3.94. The van der Waals surface area contributed by atoms with Crippen molar-refractivity contribution >= 4 is 27.3 Å². The molecular formula is C10H14BrNS. The maximum absolute atomic E-state index is 3.94. The summed E-state index contributed by atoms with van der Waals surface area (Å²) in [7, 11) is 0. The lowest BCUT2D eigenvalue weighted by molar-refractivity contribution is 0.735. The number of nitrogens with one attached hydrogen (secondary N) is 1. The van der Waals surface area contributed by atoms with Crippen LogP contribution in [0.25, 0.3) is 0 Å². The van der Waals surface area contributed by atoms with Crippen LogP contribution in [0.4, 0.5) is 0 Å². The molecule has 13 heavy (non-hydrogen) atoms. The fraction of sp³-hybridized carbons (Fsp3) is 0.400. The van der Waals surface area contributed by atoms with Crippen LogP contribution in [-0.4, -0.2) is 6.54 Å². The van der Waals surface area contributed by atoms with Gasteiger partial charge in [-0.3, -0.25) is 0 Å². The highest BCUT2D eigenvalue weighted by molar-refractivity contribution is 9.11. The van der Waals surface area contributed by atoms with Crippen LogP contribution in [0.5, 0.6) is 0 Å². The van der Waals surface area contributed by atoms with E-state index in [1.807, 2.05) is 0 Å². The summed E-state index contributed by atoms with van der Waals surface area (Å²) in [6, 6.07) is 4.22. The molecule has 3 heteroatoms. The lowest BCUT2D eigenvalue weighted by Crippen LogP contribution is -2.15. The van der Waals surface area contributed by atoms with Gasteiger partial charge in [0.2, 0.25) is 0 Å². The summed E-state index contributed by atoms with van der Waals surface area (Å²) in [6.45, 7) is 7.93. The highest BCUT2D eigenvalue weighted by atomic mass is 79.9. The molecule has 1 aromatic rings. The first-order chi connectivity index (χ1) is 6.22. The fourth-order valence-corrected chi connectivity index (χ4v) is 2.39. The van der Waals surface area contributed by atoms with E-state index in [0.717, 1.165) is 19.5 Å². The molecule has 0 aromatic carbocycles. The number of thiophene rings is 1. The van der Waals surface area contributed by atoms with E-state index in [0.29, 0.717) is 0 Å². The van der Waals surface area contributed by atoms with Crippen molar-refractivity contribution in [2.45, 2.75) is 19.9 Å². The minimum atomic E-state index is 0.923. The third-order valence-corrected chi connectivity index (χ3v) is 3.43. The van der Waals surface area contributed by atoms with Gasteiger partial charge in [0.25, 0.3) is 0 Å². The first-order valence-electron chi connectivity index (χ1n) is 4.34. The molecule has 1 rings (SSSR count). The van der Waals surface area contributed by atoms with Gasteiger partial charge in [-0.1, -0.05) is 19.1 Å². The molecular weight excluding hydrogens is 246 g/mol. The van der Waals surface area contributed by atoms with Crippen molar-refractivity contribution in [3.63, 3.8) is 0 Å². The van der Waals surface area contributed by atoms with Gasteiger partial charge in [-0.05, 0) is 34.5 Å². The maximum Gasteiger partial charge on any atom is 0.0701 e. The molecule has 0 atom stereocenters. The molecule has 0 amide bonds. The molecule has 0 saturated heterocycles. The average Bonchev–Trinajstić information content (AvgIpc) is 2.51. The average molecular weight is 260 g/mol. The molecule has 1 N–H and O–H groups in total. The van der Waals surface area contributed by atoms with E-state index >= 15 is 0 Å². The van der Waals surface area contributed by atoms with E-state index in [9.17, 15) is 0 Å². The predicted octanol–water partition coefficient (Wildman–Crippen LogP) is 3.57. The molecule has 0 saturated carbocycles. The molecule has 0 aliphatic carbocycles. The zero-order chi connectivity index (χ0) is 9.68. The van der Waals surface area contributed by atoms with Crippen molar-refractivity contribution in [1.29, 1.82) is 0 Å². The molecule has 1 nitrogen and oxygen atoms in total. The van der Waals surface area contributed by atoms with Crippen molar-refractivity contribution in [3.05, 3.63) is 32.9 Å². The van der Waals surface area contributed by atoms with Crippen molar-refractivity contribution < 1.29 is 0 Å². The van der Waals surface area contributed by atoms with E-state index in [1.54, 1.807) is 11.3 Å². The summed E-state index contributed by atoms with van der Waals surface area (Å²) in [5, 5.41) is 3.36. The fourth-order valence-electron chi connectivity index (χ4n) is 0.934. The number of hydrogen-bond acceptors (Lipinski definition) is 2. The van der Waals surface area contributed by atoms with Crippen LogP contribution in [0.15, 0.2) is 28.1 Å². The molecule has 0 bridgehead atoms. The lowest BCUT2D eigenvalue weighted by atomic mass is 10.2. The molecule has 0 aliphatic rings. The van der Waals surface area contributed by atoms with E-state index < -0.39 is 0 Å². The van der Waals surface area contributed by atoms with Gasteiger partial charge in [-0.2, -0.15) is 0 Å². The second kappa shape index (κ2) is 5.58. The Labute approximate surface area is 92.0 Å². The van der Waals surface area contributed by atoms with Gasteiger partial charge in [0, 0.05) is 18.0 Å². The van der Waals surface area contributed by atoms with Gasteiger partial charge in [-0.15, -0.1) is 11.3 Å². The predicted molar refractivity (Wildman–Crippen MR) is 63.2 cm³/mol. The van der Waals surface area contributed by atoms with Gasteiger partial charge >= 0.3 is 0 Å². The third kappa shape index (κ3) is 4.07. The van der Waals surface area contributed by atoms with Crippen LogP contribution in [0.3, 0.4) is 0 Å². The molecule has 0 aliphatic heterocycles. The van der Waals surface area contributed by atoms with Crippen LogP contribution in [-0.2, 0) is 6.54 Å². The van der Waals surface area contributed by atoms with Gasteiger partial charge in [0.05, 0.1) is 3.79 Å². The molecule has 0 radical (unpaired) electrons. The third-order valence-electron chi connectivity index (χ3n) is 1.80. The first kappa shape index (κ1) is 11.0. The highest BCUT2D eigenvalue weighted by Gasteiger charge is 1.96. The summed E-state index contributed by atoms with van der Waals surface area (Å²) in [5.74, 6) is 0. The summed E-state index contributed by atoms with van der Waals surface area (Å²) in [6.07, 6.45) is 1.06. The Balaban J connectivity index is 2.24. The largest absolute Gasteiger partial charge is 0.308 e. The van der Waals surface area contributed by atoms with Gasteiger partial charge in [0.15, 0.2) is 0 Å². The Kier molecular flexibility index (Phi) is 4.70. The standard InChI is InChI=1S/C10H14BrNS/c1-3-8(2)6-12-7-9-4-5-10(11)13-9/h4-5,12H,2-3,6-7H2,1H3. The Hall–Kier alpha value is -0.120. The second-order valence-electron chi connectivity index (χ2n) is 2.91. The van der Waals surface area contributed by atoms with E-state index in [2.05, 4.69) is 46.9 Å². The summed E-state index contributed by atoms with van der Waals surface area (Å²) in [5.41, 5.74) is 1.26. The molecule has 72 valence electrons. The summed E-state index contributed by atoms with van der Waals surface area (Å²) >= 11 is 5.21. The first-order valence-corrected chi connectivity index (χ1v) is 5.95. The lowest BCUT2D eigenvalue weighted by Gasteiger charge is -2.03. The molecule has 0 spiro atoms. The minimum Gasteiger partial charge on any atom is -0.308 e. The quantitative estimate of drug-likeness (QED) is 0.798. The SMILES string of the molecule is C=C(CC)CNCc1ccc(Br)s1. The number of hydrogen-bond donors (Lipinski definition) is 1. The van der Waals surface area contributed by atoms with Crippen LogP contribution >= 0.6 is 27.3 Å². The number of halogens is 1. The molecule has 0 fully saturated rings. The van der Waals surface area contributed by atoms with Crippen molar-refractivity contribution in [1.82, 2.24) is 5.32 Å². The zero-order valence-corrected chi connectivity index (χ0v) is 10.2. The van der Waals surface area contributed by atoms with E-state index in [4.69, 9.17) is 0 Å². The van der Waals surface area contributed by atoms with Crippen molar-refractivity contribution in [3.8, 4) is 0 Å². The second-order valence-corrected chi connectivity index (χ2v) is 5.46. The van der Waals surface area contributed by atoms with Gasteiger partial charge < -0.3 is 5.32 Å². The molecule has 1 aromatic heterocycles.